The fourth-order valence-corrected chi connectivity index (χ4v) is 0. The van der Waals surface area contributed by atoms with E-state index in [1.807, 2.05) is 0 Å². The highest BCUT2D eigenvalue weighted by Crippen LogP contribution is 0.866. The third kappa shape index (κ3) is 550. The lowest BCUT2D eigenvalue weighted by Crippen LogP contribution is -0.552. The number of hydrogen-bond donors (Lipinski definition) is 6. The molecule has 0 aliphatic carbocycles. The molecule has 0 rings (SSSR count). The number of hydrogen-bond acceptors (Lipinski definition) is 6. The van der Waals surface area contributed by atoms with E-state index in [1.165, 1.54) is 0 Å². The minimum atomic E-state index is 0. The van der Waals surface area contributed by atoms with Crippen molar-refractivity contribution in [1.82, 2.24) is 36.9 Å². The summed E-state index contributed by atoms with van der Waals surface area (Å²) in [6, 6.07) is 0. The Balaban J connectivity index is -0.00000000129. The van der Waals surface area contributed by atoms with E-state index in [0.717, 1.165) is 0 Å². The zero-order valence-electron chi connectivity index (χ0n) is 8.49. The van der Waals surface area contributed by atoms with Crippen molar-refractivity contribution >= 4 is 0 Å². The highest BCUT2D eigenvalue weighted by molar-refractivity contribution is 4.22. The molecule has 0 radical (unpaired) electrons. The van der Waals surface area contributed by atoms with Crippen LogP contribution in [0.25, 0.3) is 0 Å². The van der Waals surface area contributed by atoms with E-state index < -0.39 is 0 Å². The van der Waals surface area contributed by atoms with E-state index >= 15 is 0 Å². The molecule has 0 heterocycles. The van der Waals surface area contributed by atoms with Gasteiger partial charge in [0.1, 0.15) is 0 Å². The van der Waals surface area contributed by atoms with Crippen LogP contribution < -0.4 is 36.9 Å². The largest absolute Gasteiger partial charge is 0.344 e. The Morgan fingerprint density at radius 3 is 0.250 bits per heavy atom. The van der Waals surface area contributed by atoms with Gasteiger partial charge in [0, 0.05) is 0 Å². The molecule has 6 nitrogen and oxygen atoms in total. The van der Waals surface area contributed by atoms with Crippen molar-refractivity contribution in [3.05, 3.63) is 39.5 Å². The van der Waals surface area contributed by atoms with Crippen LogP contribution >= 0.6 is 0 Å². The summed E-state index contributed by atoms with van der Waals surface area (Å²) in [5.41, 5.74) is 0. The van der Waals surface area contributed by atoms with Crippen molar-refractivity contribution in [1.29, 1.82) is 0 Å². The van der Waals surface area contributed by atoms with Gasteiger partial charge in [-0.3, -0.25) is 0 Å². The van der Waals surface area contributed by atoms with Crippen LogP contribution in [0.2, 0.25) is 0 Å². The van der Waals surface area contributed by atoms with Crippen molar-refractivity contribution in [2.75, 3.05) is 0 Å². The van der Waals surface area contributed by atoms with E-state index in [0.29, 0.717) is 0 Å². The minimum absolute atomic E-state index is 0. The summed E-state index contributed by atoms with van der Waals surface area (Å²) in [6.07, 6.45) is 0. The van der Waals surface area contributed by atoms with Crippen LogP contribution in [-0.4, -0.2) is 0 Å². The standard InChI is InChI=1S/3C2H4.6H3N/c3*1-2;;;;;;/h3*1-2H2;6*1H3. The lowest BCUT2D eigenvalue weighted by molar-refractivity contribution is 2.13. The fourth-order valence-electron chi connectivity index (χ4n) is 0. The van der Waals surface area contributed by atoms with Crippen molar-refractivity contribution in [3.63, 3.8) is 0 Å². The molecular formula is C6H30N6. The highest BCUT2D eigenvalue weighted by Gasteiger charge is 0.605. The summed E-state index contributed by atoms with van der Waals surface area (Å²) in [5, 5.41) is 0. The molecule has 0 aliphatic heterocycles. The van der Waals surface area contributed by atoms with Crippen LogP contribution in [0.15, 0.2) is 39.5 Å². The molecule has 0 bridgehead atoms. The van der Waals surface area contributed by atoms with Gasteiger partial charge in [0.2, 0.25) is 0 Å². The lowest BCUT2D eigenvalue weighted by Gasteiger charge is -0.813. The Hall–Kier alpha value is -1.02. The summed E-state index contributed by atoms with van der Waals surface area (Å²) in [7, 11) is 0. The maximum atomic E-state index is 3.00. The maximum Gasteiger partial charge on any atom is -0.106 e. The normalized spacial score (nSPS) is 1.00. The molecule has 0 fully saturated rings. The first kappa shape index (κ1) is 279. The number of rotatable bonds is 0. The Labute approximate surface area is 77.3 Å². The van der Waals surface area contributed by atoms with Crippen molar-refractivity contribution in [2.24, 2.45) is 0 Å². The van der Waals surface area contributed by atoms with Gasteiger partial charge in [-0.1, -0.05) is 0 Å². The fraction of sp³-hybridized carbons (Fsp3) is 0. The molecule has 0 saturated heterocycles. The molecule has 0 saturated carbocycles. The summed E-state index contributed by atoms with van der Waals surface area (Å²) in [4.78, 5) is 0. The first-order valence-corrected chi connectivity index (χ1v) is 1.50. The van der Waals surface area contributed by atoms with Gasteiger partial charge in [-0.25, -0.2) is 0 Å². The molecular weight excluding hydrogens is 156 g/mol. The zero-order valence-corrected chi connectivity index (χ0v) is 8.49. The molecule has 6 heteroatoms. The summed E-state index contributed by atoms with van der Waals surface area (Å²) in [5.74, 6) is 0. The van der Waals surface area contributed by atoms with Gasteiger partial charge in [0.05, 0.1) is 0 Å². The van der Waals surface area contributed by atoms with Gasteiger partial charge in [-0.05, 0) is 0 Å². The van der Waals surface area contributed by atoms with E-state index in [4.69, 9.17) is 0 Å². The maximum absolute atomic E-state index is 3.00. The first-order valence-electron chi connectivity index (χ1n) is 1.50. The van der Waals surface area contributed by atoms with Gasteiger partial charge in [0.25, 0.3) is 0 Å². The van der Waals surface area contributed by atoms with Gasteiger partial charge < -0.3 is 36.9 Å². The van der Waals surface area contributed by atoms with E-state index in [9.17, 15) is 0 Å². The topological polar surface area (TPSA) is 210 Å². The average molecular weight is 186 g/mol. The van der Waals surface area contributed by atoms with Crippen LogP contribution in [0.5, 0.6) is 0 Å². The van der Waals surface area contributed by atoms with Crippen LogP contribution in [0.3, 0.4) is 0 Å². The van der Waals surface area contributed by atoms with E-state index in [2.05, 4.69) is 39.5 Å². The van der Waals surface area contributed by atoms with Gasteiger partial charge in [-0.2, -0.15) is 0 Å². The molecule has 0 aliphatic rings. The highest BCUT2D eigenvalue weighted by atomic mass is 14.0. The van der Waals surface area contributed by atoms with E-state index in [1.54, 1.807) is 0 Å². The van der Waals surface area contributed by atoms with Gasteiger partial charge in [0.15, 0.2) is 0 Å². The van der Waals surface area contributed by atoms with Crippen LogP contribution in [0.1, 0.15) is 0 Å². The third-order valence-corrected chi connectivity index (χ3v) is 0. The molecule has 0 amide bonds. The lowest BCUT2D eigenvalue weighted by atomic mass is 11.3. The predicted octanol–water partition coefficient (Wildman–Crippen LogP) is 3.38. The van der Waals surface area contributed by atoms with Gasteiger partial charge in [-0.15, -0.1) is 39.5 Å². The smallest absolute Gasteiger partial charge is 0.106 e. The Morgan fingerprint density at radius 2 is 0.250 bits per heavy atom. The second kappa shape index (κ2) is 774. The van der Waals surface area contributed by atoms with Crippen LogP contribution in [0, 0.1) is 0 Å². The first-order chi connectivity index (χ1) is 3.00. The zero-order chi connectivity index (χ0) is 6.00. The quantitative estimate of drug-likeness (QED) is 0.312. The van der Waals surface area contributed by atoms with Crippen molar-refractivity contribution < 1.29 is 0 Å². The third-order valence-electron chi connectivity index (χ3n) is 0. The molecule has 0 aromatic rings. The molecule has 0 aromatic carbocycles. The van der Waals surface area contributed by atoms with Crippen LogP contribution in [0.4, 0.5) is 0 Å². The average Bonchev–Trinajstić information content (AvgIpc) is 1.81. The second-order valence-corrected chi connectivity index (χ2v) is 0. The minimum Gasteiger partial charge on any atom is -0.344 e. The summed E-state index contributed by atoms with van der Waals surface area (Å²) >= 11 is 0. The molecule has 84 valence electrons. The predicted molar refractivity (Wildman–Crippen MR) is 63.9 cm³/mol. The van der Waals surface area contributed by atoms with Crippen molar-refractivity contribution in [2.45, 2.75) is 0 Å². The second-order valence-electron chi connectivity index (χ2n) is 0. The molecule has 0 spiro atoms. The molecule has 0 unspecified atom stereocenters. The Morgan fingerprint density at radius 1 is 0.250 bits per heavy atom. The Bertz CT molecular complexity index is 16.8. The molecule has 0 aromatic heterocycles. The summed E-state index contributed by atoms with van der Waals surface area (Å²) < 4.78 is 0. The van der Waals surface area contributed by atoms with E-state index in [-0.39, 0.29) is 36.9 Å². The molecule has 12 heavy (non-hydrogen) atoms. The van der Waals surface area contributed by atoms with Crippen molar-refractivity contribution in [3.8, 4) is 0 Å². The molecule has 18 N–H and O–H groups in total. The summed E-state index contributed by atoms with van der Waals surface area (Å²) in [6.45, 7) is 18.0. The van der Waals surface area contributed by atoms with Crippen LogP contribution in [-0.2, 0) is 0 Å². The Kier molecular flexibility index (Phi) is 18000. The molecule has 0 atom stereocenters. The monoisotopic (exact) mass is 186 g/mol. The SMILES string of the molecule is C=C.C=C.C=C.N.N.N.N.N.N. The van der Waals surface area contributed by atoms with Gasteiger partial charge >= 0.3 is 0 Å².